The van der Waals surface area contributed by atoms with E-state index in [0.29, 0.717) is 17.2 Å². The van der Waals surface area contributed by atoms with E-state index in [1.54, 1.807) is 0 Å². The summed E-state index contributed by atoms with van der Waals surface area (Å²) in [6.45, 7) is 2.93. The molecule has 20 heavy (non-hydrogen) atoms. The van der Waals surface area contributed by atoms with Crippen LogP contribution >= 0.6 is 0 Å². The van der Waals surface area contributed by atoms with Crippen molar-refractivity contribution in [1.82, 2.24) is 5.32 Å². The Hall–Kier alpha value is -2.03. The van der Waals surface area contributed by atoms with Crippen molar-refractivity contribution in [3.8, 4) is 0 Å². The minimum Gasteiger partial charge on any atom is -0.398 e. The van der Waals surface area contributed by atoms with E-state index < -0.39 is 0 Å². The second kappa shape index (κ2) is 5.16. The Kier molecular flexibility index (Phi) is 3.35. The van der Waals surface area contributed by atoms with Crippen molar-refractivity contribution in [3.63, 3.8) is 0 Å². The molecule has 2 aromatic carbocycles. The van der Waals surface area contributed by atoms with E-state index in [2.05, 4.69) is 12.2 Å². The summed E-state index contributed by atoms with van der Waals surface area (Å²) in [5.74, 6) is 1.28. The van der Waals surface area contributed by atoms with Crippen LogP contribution in [0, 0.1) is 11.8 Å². The predicted molar refractivity (Wildman–Crippen MR) is 82.6 cm³/mol. The van der Waals surface area contributed by atoms with Crippen LogP contribution in [0.25, 0.3) is 10.8 Å². The summed E-state index contributed by atoms with van der Waals surface area (Å²) in [5.41, 5.74) is 7.12. The van der Waals surface area contributed by atoms with Crippen LogP contribution < -0.4 is 11.1 Å². The highest BCUT2D eigenvalue weighted by Crippen LogP contribution is 2.36. The van der Waals surface area contributed by atoms with Gasteiger partial charge in [0.2, 0.25) is 0 Å². The zero-order chi connectivity index (χ0) is 14.1. The number of benzene rings is 2. The number of carbonyl (C=O) groups excluding carboxylic acids is 1. The highest BCUT2D eigenvalue weighted by Gasteiger charge is 2.28. The van der Waals surface area contributed by atoms with Crippen molar-refractivity contribution in [2.75, 3.05) is 12.3 Å². The van der Waals surface area contributed by atoms with Gasteiger partial charge in [-0.05, 0) is 47.6 Å². The normalized spacial score (nSPS) is 16.1. The van der Waals surface area contributed by atoms with Crippen molar-refractivity contribution in [3.05, 3.63) is 42.0 Å². The molecule has 1 atom stereocenters. The van der Waals surface area contributed by atoms with Crippen molar-refractivity contribution in [2.24, 2.45) is 11.8 Å². The first-order chi connectivity index (χ1) is 9.65. The molecule has 1 unspecified atom stereocenters. The molecule has 0 aromatic heterocycles. The van der Waals surface area contributed by atoms with Gasteiger partial charge >= 0.3 is 0 Å². The Balaban J connectivity index is 1.77. The maximum absolute atomic E-state index is 12.3. The fourth-order valence-corrected chi connectivity index (χ4v) is 2.64. The highest BCUT2D eigenvalue weighted by molar-refractivity contribution is 6.03. The Bertz CT molecular complexity index is 646. The van der Waals surface area contributed by atoms with Crippen LogP contribution in [0.5, 0.6) is 0 Å². The minimum atomic E-state index is -0.0687. The van der Waals surface area contributed by atoms with E-state index in [1.165, 1.54) is 12.8 Å². The van der Waals surface area contributed by atoms with Gasteiger partial charge < -0.3 is 11.1 Å². The molecule has 3 nitrogen and oxygen atoms in total. The highest BCUT2D eigenvalue weighted by atomic mass is 16.1. The molecule has 1 saturated carbocycles. The van der Waals surface area contributed by atoms with Gasteiger partial charge in [0.05, 0.1) is 5.56 Å². The van der Waals surface area contributed by atoms with E-state index in [-0.39, 0.29) is 5.91 Å². The topological polar surface area (TPSA) is 55.1 Å². The number of nitrogens with two attached hydrogens (primary N) is 1. The largest absolute Gasteiger partial charge is 0.398 e. The van der Waals surface area contributed by atoms with Gasteiger partial charge in [-0.3, -0.25) is 4.79 Å². The van der Waals surface area contributed by atoms with Crippen LogP contribution in [-0.4, -0.2) is 12.5 Å². The fourth-order valence-electron chi connectivity index (χ4n) is 2.64. The van der Waals surface area contributed by atoms with Crippen LogP contribution in [0.4, 0.5) is 5.69 Å². The number of anilines is 1. The van der Waals surface area contributed by atoms with Crippen molar-refractivity contribution < 1.29 is 4.79 Å². The monoisotopic (exact) mass is 268 g/mol. The third-order valence-electron chi connectivity index (χ3n) is 4.17. The van der Waals surface area contributed by atoms with Crippen molar-refractivity contribution in [2.45, 2.75) is 19.8 Å². The van der Waals surface area contributed by atoms with Crippen LogP contribution in [0.1, 0.15) is 30.1 Å². The van der Waals surface area contributed by atoms with Crippen molar-refractivity contribution >= 4 is 22.4 Å². The van der Waals surface area contributed by atoms with Gasteiger partial charge in [0.15, 0.2) is 0 Å². The number of nitrogen functional groups attached to an aromatic ring is 1. The van der Waals surface area contributed by atoms with Crippen molar-refractivity contribution in [1.29, 1.82) is 0 Å². The predicted octanol–water partition coefficient (Wildman–Crippen LogP) is 3.20. The fraction of sp³-hybridized carbons (Fsp3) is 0.353. The average Bonchev–Trinajstić information content (AvgIpc) is 3.28. The van der Waals surface area contributed by atoms with E-state index in [9.17, 15) is 4.79 Å². The van der Waals surface area contributed by atoms with E-state index >= 15 is 0 Å². The third-order valence-corrected chi connectivity index (χ3v) is 4.17. The molecule has 0 radical (unpaired) electrons. The Morgan fingerprint density at radius 2 is 1.95 bits per heavy atom. The first-order valence-corrected chi connectivity index (χ1v) is 7.21. The molecule has 1 fully saturated rings. The van der Waals surface area contributed by atoms with Gasteiger partial charge in [0.1, 0.15) is 0 Å². The lowest BCUT2D eigenvalue weighted by atomic mass is 10.0. The maximum atomic E-state index is 12.3. The molecule has 3 rings (SSSR count). The molecule has 2 aromatic rings. The lowest BCUT2D eigenvalue weighted by Crippen LogP contribution is -2.29. The minimum absolute atomic E-state index is 0.0687. The molecule has 1 aliphatic carbocycles. The molecule has 3 N–H and O–H groups in total. The quantitative estimate of drug-likeness (QED) is 0.837. The van der Waals surface area contributed by atoms with Crippen LogP contribution in [0.15, 0.2) is 36.4 Å². The zero-order valence-corrected chi connectivity index (χ0v) is 11.7. The van der Waals surface area contributed by atoms with Gasteiger partial charge in [0.25, 0.3) is 5.91 Å². The molecule has 104 valence electrons. The summed E-state index contributed by atoms with van der Waals surface area (Å²) in [6, 6.07) is 11.7. The molecule has 3 heteroatoms. The average molecular weight is 268 g/mol. The number of rotatable bonds is 4. The van der Waals surface area contributed by atoms with Crippen LogP contribution in [-0.2, 0) is 0 Å². The summed E-state index contributed by atoms with van der Waals surface area (Å²) in [4.78, 5) is 12.3. The van der Waals surface area contributed by atoms with E-state index in [0.717, 1.165) is 23.2 Å². The van der Waals surface area contributed by atoms with Gasteiger partial charge in [-0.25, -0.2) is 0 Å². The lowest BCUT2D eigenvalue weighted by Gasteiger charge is -2.13. The van der Waals surface area contributed by atoms with Gasteiger partial charge in [-0.2, -0.15) is 0 Å². The first-order valence-electron chi connectivity index (χ1n) is 7.21. The summed E-state index contributed by atoms with van der Waals surface area (Å²) in [7, 11) is 0. The Morgan fingerprint density at radius 1 is 1.30 bits per heavy atom. The van der Waals surface area contributed by atoms with E-state index in [4.69, 9.17) is 5.73 Å². The molecule has 0 saturated heterocycles. The standard InChI is InChI=1S/C17H20N2O/c1-11(12-6-7-12)10-19-17(20)15-8-13-4-2-3-5-14(13)9-16(15)18/h2-5,8-9,11-12H,6-7,10,18H2,1H3,(H,19,20). The molecule has 1 aliphatic rings. The summed E-state index contributed by atoms with van der Waals surface area (Å²) in [6.07, 6.45) is 2.60. The number of amides is 1. The molecule has 0 heterocycles. The zero-order valence-electron chi connectivity index (χ0n) is 11.7. The van der Waals surface area contributed by atoms with Crippen LogP contribution in [0.3, 0.4) is 0 Å². The summed E-state index contributed by atoms with van der Waals surface area (Å²) < 4.78 is 0. The molecule has 0 spiro atoms. The third kappa shape index (κ3) is 2.62. The second-order valence-corrected chi connectivity index (χ2v) is 5.81. The van der Waals surface area contributed by atoms with Gasteiger partial charge in [-0.15, -0.1) is 0 Å². The summed E-state index contributed by atoms with van der Waals surface area (Å²) >= 11 is 0. The Morgan fingerprint density at radius 3 is 2.60 bits per heavy atom. The molecule has 0 bridgehead atoms. The molecule has 1 amide bonds. The van der Waals surface area contributed by atoms with Gasteiger partial charge in [-0.1, -0.05) is 31.2 Å². The molecular weight excluding hydrogens is 248 g/mol. The number of hydrogen-bond acceptors (Lipinski definition) is 2. The second-order valence-electron chi connectivity index (χ2n) is 5.81. The Labute approximate surface area is 119 Å². The van der Waals surface area contributed by atoms with Gasteiger partial charge in [0, 0.05) is 12.2 Å². The summed E-state index contributed by atoms with van der Waals surface area (Å²) in [5, 5.41) is 5.11. The number of fused-ring (bicyclic) bond motifs is 1. The van der Waals surface area contributed by atoms with Crippen LogP contribution in [0.2, 0.25) is 0 Å². The smallest absolute Gasteiger partial charge is 0.253 e. The number of carbonyl (C=O) groups is 1. The molecule has 0 aliphatic heterocycles. The van der Waals surface area contributed by atoms with E-state index in [1.807, 2.05) is 36.4 Å². The maximum Gasteiger partial charge on any atom is 0.253 e. The lowest BCUT2D eigenvalue weighted by molar-refractivity contribution is 0.0947. The number of hydrogen-bond donors (Lipinski definition) is 2. The molecular formula is C17H20N2O. The first kappa shape index (κ1) is 13.0. The SMILES string of the molecule is CC(CNC(=O)c1cc2ccccc2cc1N)C1CC1. The number of nitrogens with one attached hydrogen (secondary N) is 1.